The number of rotatable bonds is 5. The number of benzene rings is 1. The normalized spacial score (nSPS) is 11.8. The molecule has 0 fully saturated rings. The van der Waals surface area contributed by atoms with Crippen molar-refractivity contribution in [2.45, 2.75) is 19.9 Å². The Hall–Kier alpha value is -2.07. The third-order valence-electron chi connectivity index (χ3n) is 2.92. The van der Waals surface area contributed by atoms with Gasteiger partial charge in [0.15, 0.2) is 0 Å². The molecule has 1 atom stereocenters. The van der Waals surface area contributed by atoms with Crippen molar-refractivity contribution < 1.29 is 9.53 Å². The van der Waals surface area contributed by atoms with E-state index < -0.39 is 0 Å². The number of amides is 1. The number of aryl methyl sites for hydroxylation is 1. The minimum Gasteiger partial charge on any atom is -0.491 e. The third kappa shape index (κ3) is 4.46. The van der Waals surface area contributed by atoms with Gasteiger partial charge in [-0.1, -0.05) is 29.3 Å². The van der Waals surface area contributed by atoms with Gasteiger partial charge in [-0.05, 0) is 32.0 Å². The number of carbonyl (C=O) groups is 1. The maximum Gasteiger partial charge on any atom is 0.253 e. The van der Waals surface area contributed by atoms with Gasteiger partial charge in [-0.3, -0.25) is 9.78 Å². The van der Waals surface area contributed by atoms with Crippen LogP contribution in [0.25, 0.3) is 0 Å². The Morgan fingerprint density at radius 2 is 2.05 bits per heavy atom. The Morgan fingerprint density at radius 3 is 2.71 bits per heavy atom. The standard InChI is InChI=1S/C16H17ClN2O2/c1-11-3-5-13(6-4-11)21-10-12(2)19-16(20)14-7-8-18-9-15(14)17/h3-9,12H,10H2,1-2H3,(H,19,20). The summed E-state index contributed by atoms with van der Waals surface area (Å²) in [6.45, 7) is 4.28. The predicted octanol–water partition coefficient (Wildman–Crippen LogP) is 3.24. The molecule has 0 radical (unpaired) electrons. The summed E-state index contributed by atoms with van der Waals surface area (Å²) in [5, 5.41) is 3.18. The van der Waals surface area contributed by atoms with Crippen LogP contribution in [0.3, 0.4) is 0 Å². The molecule has 0 spiro atoms. The molecular weight excluding hydrogens is 288 g/mol. The average Bonchev–Trinajstić information content (AvgIpc) is 2.47. The Morgan fingerprint density at radius 1 is 1.33 bits per heavy atom. The Kier molecular flexibility index (Phi) is 5.17. The first-order valence-corrected chi connectivity index (χ1v) is 7.04. The van der Waals surface area contributed by atoms with Crippen LogP contribution in [0.4, 0.5) is 0 Å². The summed E-state index contributed by atoms with van der Waals surface area (Å²) in [6, 6.07) is 9.23. The van der Waals surface area contributed by atoms with E-state index in [1.165, 1.54) is 18.0 Å². The fourth-order valence-corrected chi connectivity index (χ4v) is 1.96. The molecule has 0 bridgehead atoms. The minimum absolute atomic E-state index is 0.136. The molecule has 1 heterocycles. The lowest BCUT2D eigenvalue weighted by Crippen LogP contribution is -2.36. The third-order valence-corrected chi connectivity index (χ3v) is 3.22. The summed E-state index contributed by atoms with van der Waals surface area (Å²) in [6.07, 6.45) is 2.98. The van der Waals surface area contributed by atoms with E-state index in [4.69, 9.17) is 16.3 Å². The van der Waals surface area contributed by atoms with E-state index in [9.17, 15) is 4.79 Å². The van der Waals surface area contributed by atoms with Gasteiger partial charge in [0.05, 0.1) is 16.6 Å². The second-order valence-corrected chi connectivity index (χ2v) is 5.26. The van der Waals surface area contributed by atoms with Crippen LogP contribution >= 0.6 is 11.6 Å². The number of hydrogen-bond acceptors (Lipinski definition) is 3. The van der Waals surface area contributed by atoms with Crippen molar-refractivity contribution >= 4 is 17.5 Å². The van der Waals surface area contributed by atoms with E-state index in [-0.39, 0.29) is 11.9 Å². The van der Waals surface area contributed by atoms with Crippen molar-refractivity contribution in [3.8, 4) is 5.75 Å². The van der Waals surface area contributed by atoms with E-state index in [0.717, 1.165) is 5.75 Å². The highest BCUT2D eigenvalue weighted by Crippen LogP contribution is 2.14. The lowest BCUT2D eigenvalue weighted by Gasteiger charge is -2.15. The van der Waals surface area contributed by atoms with Gasteiger partial charge in [-0.15, -0.1) is 0 Å². The van der Waals surface area contributed by atoms with Gasteiger partial charge in [0.1, 0.15) is 12.4 Å². The lowest BCUT2D eigenvalue weighted by molar-refractivity contribution is 0.0926. The number of nitrogens with one attached hydrogen (secondary N) is 1. The van der Waals surface area contributed by atoms with Crippen LogP contribution < -0.4 is 10.1 Å². The fourth-order valence-electron chi connectivity index (χ4n) is 1.76. The molecule has 110 valence electrons. The molecule has 4 nitrogen and oxygen atoms in total. The van der Waals surface area contributed by atoms with Crippen molar-refractivity contribution in [1.29, 1.82) is 0 Å². The second kappa shape index (κ2) is 7.09. The molecule has 0 aliphatic heterocycles. The van der Waals surface area contributed by atoms with Crippen molar-refractivity contribution in [3.63, 3.8) is 0 Å². The number of pyridine rings is 1. The summed E-state index contributed by atoms with van der Waals surface area (Å²) in [4.78, 5) is 15.9. The number of carbonyl (C=O) groups excluding carboxylic acids is 1. The monoisotopic (exact) mass is 304 g/mol. The molecule has 0 saturated heterocycles. The van der Waals surface area contributed by atoms with Gasteiger partial charge in [0, 0.05) is 12.4 Å². The number of halogens is 1. The highest BCUT2D eigenvalue weighted by molar-refractivity contribution is 6.33. The number of ether oxygens (including phenoxy) is 1. The van der Waals surface area contributed by atoms with Crippen molar-refractivity contribution in [2.24, 2.45) is 0 Å². The molecule has 0 aliphatic rings. The van der Waals surface area contributed by atoms with Gasteiger partial charge in [-0.25, -0.2) is 0 Å². The molecule has 2 rings (SSSR count). The van der Waals surface area contributed by atoms with Gasteiger partial charge in [0.25, 0.3) is 5.91 Å². The number of aromatic nitrogens is 1. The highest BCUT2D eigenvalue weighted by atomic mass is 35.5. The fraction of sp³-hybridized carbons (Fsp3) is 0.250. The van der Waals surface area contributed by atoms with Crippen molar-refractivity contribution in [1.82, 2.24) is 10.3 Å². The van der Waals surface area contributed by atoms with Crippen molar-refractivity contribution in [3.05, 3.63) is 58.9 Å². The maximum absolute atomic E-state index is 12.1. The van der Waals surface area contributed by atoms with Crippen LogP contribution in [0, 0.1) is 6.92 Å². The maximum atomic E-state index is 12.1. The molecule has 0 aliphatic carbocycles. The minimum atomic E-state index is -0.234. The van der Waals surface area contributed by atoms with Crippen LogP contribution in [0.1, 0.15) is 22.8 Å². The van der Waals surface area contributed by atoms with Gasteiger partial charge < -0.3 is 10.1 Å². The predicted molar refractivity (Wildman–Crippen MR) is 82.8 cm³/mol. The molecular formula is C16H17ClN2O2. The van der Waals surface area contributed by atoms with E-state index in [2.05, 4.69) is 10.3 Å². The molecule has 0 saturated carbocycles. The molecule has 1 amide bonds. The SMILES string of the molecule is Cc1ccc(OCC(C)NC(=O)c2ccncc2Cl)cc1. The molecule has 1 N–H and O–H groups in total. The largest absolute Gasteiger partial charge is 0.491 e. The summed E-state index contributed by atoms with van der Waals surface area (Å²) in [5.41, 5.74) is 1.59. The van der Waals surface area contributed by atoms with E-state index in [0.29, 0.717) is 17.2 Å². The molecule has 2 aromatic rings. The van der Waals surface area contributed by atoms with Crippen LogP contribution in [0.15, 0.2) is 42.7 Å². The van der Waals surface area contributed by atoms with Gasteiger partial charge >= 0.3 is 0 Å². The van der Waals surface area contributed by atoms with Crippen LogP contribution in [0.2, 0.25) is 5.02 Å². The second-order valence-electron chi connectivity index (χ2n) is 4.85. The first-order chi connectivity index (χ1) is 10.1. The lowest BCUT2D eigenvalue weighted by atomic mass is 10.2. The van der Waals surface area contributed by atoms with Crippen molar-refractivity contribution in [2.75, 3.05) is 6.61 Å². The van der Waals surface area contributed by atoms with E-state index in [1.54, 1.807) is 6.07 Å². The molecule has 5 heteroatoms. The molecule has 21 heavy (non-hydrogen) atoms. The zero-order valence-electron chi connectivity index (χ0n) is 12.0. The van der Waals surface area contributed by atoms with E-state index in [1.807, 2.05) is 38.1 Å². The quantitative estimate of drug-likeness (QED) is 0.922. The Labute approximate surface area is 129 Å². The summed E-state index contributed by atoms with van der Waals surface area (Å²) in [5.74, 6) is 0.547. The Bertz CT molecular complexity index is 614. The Balaban J connectivity index is 1.87. The summed E-state index contributed by atoms with van der Waals surface area (Å²) >= 11 is 5.94. The molecule has 1 aromatic carbocycles. The zero-order chi connectivity index (χ0) is 15.2. The molecule has 1 aromatic heterocycles. The zero-order valence-corrected chi connectivity index (χ0v) is 12.7. The molecule has 1 unspecified atom stereocenters. The van der Waals surface area contributed by atoms with Crippen LogP contribution in [-0.2, 0) is 0 Å². The summed E-state index contributed by atoms with van der Waals surface area (Å²) < 4.78 is 5.63. The van der Waals surface area contributed by atoms with Gasteiger partial charge in [0.2, 0.25) is 0 Å². The highest BCUT2D eigenvalue weighted by Gasteiger charge is 2.13. The smallest absolute Gasteiger partial charge is 0.253 e. The van der Waals surface area contributed by atoms with Crippen LogP contribution in [-0.4, -0.2) is 23.5 Å². The van der Waals surface area contributed by atoms with E-state index >= 15 is 0 Å². The van der Waals surface area contributed by atoms with Crippen LogP contribution in [0.5, 0.6) is 5.75 Å². The number of hydrogen-bond donors (Lipinski definition) is 1. The first-order valence-electron chi connectivity index (χ1n) is 6.66. The summed E-state index contributed by atoms with van der Waals surface area (Å²) in [7, 11) is 0. The topological polar surface area (TPSA) is 51.2 Å². The number of nitrogens with zero attached hydrogens (tertiary/aromatic N) is 1. The average molecular weight is 305 g/mol. The van der Waals surface area contributed by atoms with Gasteiger partial charge in [-0.2, -0.15) is 0 Å². The first kappa shape index (κ1) is 15.3.